The van der Waals surface area contributed by atoms with Crippen LogP contribution >= 0.6 is 0 Å². The number of fused-ring (bicyclic) bond motifs is 3. The zero-order valence-electron chi connectivity index (χ0n) is 13.9. The maximum atomic E-state index is 12.3. The molecule has 0 aromatic rings. The molecule has 0 aromatic carbocycles. The number of aliphatic hydroxyl groups is 2. The van der Waals surface area contributed by atoms with E-state index < -0.39 is 40.3 Å². The summed E-state index contributed by atoms with van der Waals surface area (Å²) in [6, 6.07) is 0. The summed E-state index contributed by atoms with van der Waals surface area (Å²) in [6.45, 7) is 5.71. The number of aliphatic carboxylic acids is 1. The minimum Gasteiger partial charge on any atom is -0.481 e. The van der Waals surface area contributed by atoms with Crippen LogP contribution in [0.3, 0.4) is 0 Å². The summed E-state index contributed by atoms with van der Waals surface area (Å²) in [7, 11) is 0. The van der Waals surface area contributed by atoms with Gasteiger partial charge in [-0.2, -0.15) is 0 Å². The summed E-state index contributed by atoms with van der Waals surface area (Å²) < 4.78 is 0. The molecule has 4 aliphatic carbocycles. The van der Waals surface area contributed by atoms with Crippen LogP contribution in [0.4, 0.5) is 0 Å². The molecule has 4 rings (SSSR count). The van der Waals surface area contributed by atoms with Gasteiger partial charge >= 0.3 is 5.97 Å². The third kappa shape index (κ3) is 1.62. The molecule has 24 heavy (non-hydrogen) atoms. The van der Waals surface area contributed by atoms with E-state index in [1.165, 1.54) is 0 Å². The van der Waals surface area contributed by atoms with Gasteiger partial charge in [0.15, 0.2) is 0 Å². The Hall–Kier alpha value is -1.46. The van der Waals surface area contributed by atoms with Crippen molar-refractivity contribution in [3.8, 4) is 0 Å². The minimum atomic E-state index is -1.10. The lowest BCUT2D eigenvalue weighted by Gasteiger charge is -2.42. The summed E-state index contributed by atoms with van der Waals surface area (Å²) in [5.74, 6) is -2.16. The number of carbonyl (C=O) groups excluding carboxylic acids is 1. The van der Waals surface area contributed by atoms with Crippen LogP contribution in [0.5, 0.6) is 0 Å². The molecule has 0 saturated heterocycles. The summed E-state index contributed by atoms with van der Waals surface area (Å²) >= 11 is 0. The van der Waals surface area contributed by atoms with Crippen molar-refractivity contribution >= 4 is 12.3 Å². The lowest BCUT2D eigenvalue weighted by molar-refractivity contribution is -0.154. The highest BCUT2D eigenvalue weighted by atomic mass is 16.4. The predicted molar refractivity (Wildman–Crippen MR) is 86.0 cm³/mol. The van der Waals surface area contributed by atoms with E-state index in [0.717, 1.165) is 17.4 Å². The monoisotopic (exact) mass is 332 g/mol. The molecule has 2 bridgehead atoms. The van der Waals surface area contributed by atoms with Gasteiger partial charge in [-0.15, -0.1) is 0 Å². The Morgan fingerprint density at radius 1 is 1.46 bits per heavy atom. The van der Waals surface area contributed by atoms with Crippen LogP contribution in [0.15, 0.2) is 23.8 Å². The van der Waals surface area contributed by atoms with Crippen LogP contribution in [-0.2, 0) is 9.59 Å². The van der Waals surface area contributed by atoms with E-state index in [9.17, 15) is 24.9 Å². The lowest BCUT2D eigenvalue weighted by Crippen LogP contribution is -2.49. The molecular weight excluding hydrogens is 308 g/mol. The van der Waals surface area contributed by atoms with Gasteiger partial charge in [0.2, 0.25) is 0 Å². The first kappa shape index (κ1) is 16.0. The first-order chi connectivity index (χ1) is 11.2. The Morgan fingerprint density at radius 2 is 2.17 bits per heavy atom. The Bertz CT molecular complexity index is 681. The normalized spacial score (nSPS) is 52.5. The van der Waals surface area contributed by atoms with Crippen LogP contribution in [0.1, 0.15) is 39.0 Å². The van der Waals surface area contributed by atoms with Gasteiger partial charge in [-0.25, -0.2) is 0 Å². The highest BCUT2D eigenvalue weighted by Gasteiger charge is 2.71. The fourth-order valence-electron chi connectivity index (χ4n) is 6.39. The van der Waals surface area contributed by atoms with E-state index in [1.54, 1.807) is 6.92 Å². The standard InChI is InChI=1S/C19H24O5/c1-10-7-18-8-19(10,24)6-5-12(18)11-3-4-13(21)17(2,9-20)14(11)15(18)16(22)23/h3,9,12-15,21,24H,1,4-8H2,2H3,(H,22,23)/t12-,13-,14+,15+,17+,18-,19-/m0/s1. The first-order valence-corrected chi connectivity index (χ1v) is 8.67. The number of carboxylic acids is 1. The number of hydrogen-bond acceptors (Lipinski definition) is 4. The SMILES string of the molecule is C=C1C[C@]23C[C@@]1(O)CC[C@H]2C1=CC[C@H](O)[C@@](C)(C=O)[C@H]1[C@@H]3C(=O)O. The Labute approximate surface area is 141 Å². The van der Waals surface area contributed by atoms with E-state index in [2.05, 4.69) is 6.58 Å². The minimum absolute atomic E-state index is 0.0508. The van der Waals surface area contributed by atoms with E-state index in [1.807, 2.05) is 6.08 Å². The number of rotatable bonds is 2. The quantitative estimate of drug-likeness (QED) is 0.528. The Morgan fingerprint density at radius 3 is 2.79 bits per heavy atom. The smallest absolute Gasteiger partial charge is 0.307 e. The number of carbonyl (C=O) groups is 2. The summed E-state index contributed by atoms with van der Waals surface area (Å²) in [6.07, 6.45) is 4.41. The van der Waals surface area contributed by atoms with Crippen molar-refractivity contribution in [1.82, 2.24) is 0 Å². The zero-order chi connectivity index (χ0) is 17.5. The summed E-state index contributed by atoms with van der Waals surface area (Å²) in [5.41, 5.74) is -0.917. The van der Waals surface area contributed by atoms with Crippen molar-refractivity contribution < 1.29 is 24.9 Å². The second-order valence-corrected chi connectivity index (χ2v) is 8.55. The van der Waals surface area contributed by atoms with Crippen LogP contribution in [-0.4, -0.2) is 39.3 Å². The van der Waals surface area contributed by atoms with Gasteiger partial charge in [0.05, 0.1) is 23.0 Å². The fourth-order valence-corrected chi connectivity index (χ4v) is 6.39. The third-order valence-corrected chi connectivity index (χ3v) is 7.56. The number of aldehydes is 1. The summed E-state index contributed by atoms with van der Waals surface area (Å²) in [5, 5.41) is 31.4. The second kappa shape index (κ2) is 4.58. The molecule has 5 heteroatoms. The van der Waals surface area contributed by atoms with Gasteiger partial charge < -0.3 is 20.1 Å². The molecule has 3 N–H and O–H groups in total. The fraction of sp³-hybridized carbons (Fsp3) is 0.684. The topological polar surface area (TPSA) is 94.8 Å². The largest absolute Gasteiger partial charge is 0.481 e. The average molecular weight is 332 g/mol. The lowest BCUT2D eigenvalue weighted by atomic mass is 9.61. The molecule has 0 radical (unpaired) electrons. The van der Waals surface area contributed by atoms with E-state index in [4.69, 9.17) is 0 Å². The average Bonchev–Trinajstić information content (AvgIpc) is 2.91. The van der Waals surface area contributed by atoms with Crippen molar-refractivity contribution in [3.05, 3.63) is 23.8 Å². The summed E-state index contributed by atoms with van der Waals surface area (Å²) in [4.78, 5) is 24.2. The molecule has 0 unspecified atom stereocenters. The van der Waals surface area contributed by atoms with Gasteiger partial charge in [-0.1, -0.05) is 18.2 Å². The second-order valence-electron chi connectivity index (χ2n) is 8.55. The van der Waals surface area contributed by atoms with E-state index in [0.29, 0.717) is 32.1 Å². The molecule has 0 aliphatic heterocycles. The van der Waals surface area contributed by atoms with Crippen molar-refractivity contribution in [2.75, 3.05) is 0 Å². The molecule has 3 saturated carbocycles. The van der Waals surface area contributed by atoms with E-state index in [-0.39, 0.29) is 5.92 Å². The van der Waals surface area contributed by atoms with Crippen molar-refractivity contribution in [2.24, 2.45) is 28.6 Å². The van der Waals surface area contributed by atoms with Crippen LogP contribution in [0, 0.1) is 28.6 Å². The maximum Gasteiger partial charge on any atom is 0.307 e. The van der Waals surface area contributed by atoms with Gasteiger partial charge in [0, 0.05) is 5.92 Å². The Kier molecular flexibility index (Phi) is 3.06. The van der Waals surface area contributed by atoms with Crippen LogP contribution < -0.4 is 0 Å². The molecule has 5 nitrogen and oxygen atoms in total. The van der Waals surface area contributed by atoms with Gasteiger partial charge in [-0.3, -0.25) is 4.79 Å². The number of aliphatic hydroxyl groups excluding tert-OH is 1. The van der Waals surface area contributed by atoms with Crippen molar-refractivity contribution in [2.45, 2.75) is 50.7 Å². The number of carboxylic acid groups (broad SMARTS) is 1. The Balaban J connectivity index is 1.93. The van der Waals surface area contributed by atoms with Crippen LogP contribution in [0.25, 0.3) is 0 Å². The van der Waals surface area contributed by atoms with Gasteiger partial charge in [-0.05, 0) is 55.9 Å². The predicted octanol–water partition coefficient (Wildman–Crippen LogP) is 1.69. The molecular formula is C19H24O5. The van der Waals surface area contributed by atoms with Crippen molar-refractivity contribution in [3.63, 3.8) is 0 Å². The molecule has 130 valence electrons. The molecule has 0 heterocycles. The third-order valence-electron chi connectivity index (χ3n) is 7.56. The molecule has 0 amide bonds. The highest BCUT2D eigenvalue weighted by Crippen LogP contribution is 2.72. The molecule has 4 aliphatic rings. The molecule has 3 fully saturated rings. The molecule has 1 spiro atoms. The van der Waals surface area contributed by atoms with Gasteiger partial charge in [0.25, 0.3) is 0 Å². The van der Waals surface area contributed by atoms with Gasteiger partial charge in [0.1, 0.15) is 6.29 Å². The van der Waals surface area contributed by atoms with Crippen molar-refractivity contribution in [1.29, 1.82) is 0 Å². The molecule has 7 atom stereocenters. The first-order valence-electron chi connectivity index (χ1n) is 8.67. The maximum absolute atomic E-state index is 12.3. The highest BCUT2D eigenvalue weighted by molar-refractivity contribution is 5.77. The zero-order valence-corrected chi connectivity index (χ0v) is 13.9. The number of hydrogen-bond donors (Lipinski definition) is 3. The number of allylic oxidation sites excluding steroid dienone is 1. The van der Waals surface area contributed by atoms with Crippen LogP contribution in [0.2, 0.25) is 0 Å². The molecule has 0 aromatic heterocycles. The van der Waals surface area contributed by atoms with E-state index >= 15 is 0 Å².